The predicted molar refractivity (Wildman–Crippen MR) is 70.4 cm³/mol. The monoisotopic (exact) mass is 244 g/mol. The fourth-order valence-electron chi connectivity index (χ4n) is 1.88. The summed E-state index contributed by atoms with van der Waals surface area (Å²) < 4.78 is 5.13. The van der Waals surface area contributed by atoms with E-state index >= 15 is 0 Å². The number of amides is 1. The van der Waals surface area contributed by atoms with Crippen molar-refractivity contribution in [3.05, 3.63) is 47.7 Å². The first-order valence-electron chi connectivity index (χ1n) is 5.89. The molecular weight excluding hydrogens is 228 g/mol. The zero-order chi connectivity index (χ0) is 13.0. The second kappa shape index (κ2) is 5.60. The summed E-state index contributed by atoms with van der Waals surface area (Å²) in [5.41, 5.74) is 2.25. The van der Waals surface area contributed by atoms with Gasteiger partial charge >= 0.3 is 0 Å². The summed E-state index contributed by atoms with van der Waals surface area (Å²) in [5.74, 6) is -0.0348. The van der Waals surface area contributed by atoms with Crippen molar-refractivity contribution in [2.75, 3.05) is 19.8 Å². The van der Waals surface area contributed by atoms with Crippen LogP contribution < -0.4 is 0 Å². The summed E-state index contributed by atoms with van der Waals surface area (Å²) in [6.45, 7) is 3.20. The van der Waals surface area contributed by atoms with Crippen LogP contribution >= 0.6 is 0 Å². The predicted octanol–water partition coefficient (Wildman–Crippen LogP) is 1.82. The number of ether oxygens (including phenoxy) is 1. The van der Waals surface area contributed by atoms with Crippen molar-refractivity contribution in [3.8, 4) is 0 Å². The molecule has 4 nitrogen and oxygen atoms in total. The highest BCUT2D eigenvalue weighted by Crippen LogP contribution is 2.17. The van der Waals surface area contributed by atoms with Gasteiger partial charge in [0.25, 0.3) is 5.91 Å². The van der Waals surface area contributed by atoms with Crippen molar-refractivity contribution >= 4 is 11.6 Å². The standard InChI is InChI=1S/C14H16N2O2/c1-11-4-2-3-5-12(15)6-7-13(11)16-8-9-18-10-14(16)17/h2-7,15H,8-10H2,1H3/b4-2+,5-3-,7-6?,13-11+,15-12?. The third-order valence-electron chi connectivity index (χ3n) is 2.83. The largest absolute Gasteiger partial charge is 0.370 e. The minimum absolute atomic E-state index is 0.0348. The quantitative estimate of drug-likeness (QED) is 0.765. The van der Waals surface area contributed by atoms with Crippen LogP contribution in [0.2, 0.25) is 0 Å². The van der Waals surface area contributed by atoms with E-state index in [4.69, 9.17) is 10.1 Å². The fraction of sp³-hybridized carbons (Fsp3) is 0.286. The molecule has 1 amide bonds. The van der Waals surface area contributed by atoms with Crippen molar-refractivity contribution in [3.63, 3.8) is 0 Å². The molecule has 0 radical (unpaired) electrons. The lowest BCUT2D eigenvalue weighted by Crippen LogP contribution is -2.40. The van der Waals surface area contributed by atoms with E-state index in [2.05, 4.69) is 0 Å². The molecule has 0 aromatic rings. The summed E-state index contributed by atoms with van der Waals surface area (Å²) in [6, 6.07) is 0. The Bertz CT molecular complexity index is 484. The number of carbonyl (C=O) groups is 1. The van der Waals surface area contributed by atoms with Gasteiger partial charge < -0.3 is 15.0 Å². The summed E-state index contributed by atoms with van der Waals surface area (Å²) >= 11 is 0. The maximum atomic E-state index is 11.8. The summed E-state index contributed by atoms with van der Waals surface area (Å²) in [4.78, 5) is 13.6. The van der Waals surface area contributed by atoms with Crippen molar-refractivity contribution in [2.24, 2.45) is 0 Å². The second-order valence-corrected chi connectivity index (χ2v) is 4.17. The van der Waals surface area contributed by atoms with Gasteiger partial charge in [-0.25, -0.2) is 0 Å². The maximum absolute atomic E-state index is 11.8. The van der Waals surface area contributed by atoms with Gasteiger partial charge in [0.2, 0.25) is 0 Å². The van der Waals surface area contributed by atoms with Crippen molar-refractivity contribution in [1.29, 1.82) is 5.41 Å². The third-order valence-corrected chi connectivity index (χ3v) is 2.83. The number of nitrogens with zero attached hydrogens (tertiary/aromatic N) is 1. The Morgan fingerprint density at radius 3 is 2.78 bits per heavy atom. The van der Waals surface area contributed by atoms with Gasteiger partial charge in [-0.15, -0.1) is 0 Å². The van der Waals surface area contributed by atoms with Crippen LogP contribution in [-0.4, -0.2) is 36.3 Å². The Balaban J connectivity index is 2.35. The van der Waals surface area contributed by atoms with Crippen LogP contribution in [0, 0.1) is 5.41 Å². The van der Waals surface area contributed by atoms with Gasteiger partial charge in [-0.2, -0.15) is 0 Å². The Morgan fingerprint density at radius 1 is 1.22 bits per heavy atom. The van der Waals surface area contributed by atoms with Crippen molar-refractivity contribution < 1.29 is 9.53 Å². The van der Waals surface area contributed by atoms with Gasteiger partial charge in [0.05, 0.1) is 12.3 Å². The van der Waals surface area contributed by atoms with Gasteiger partial charge in [0.1, 0.15) is 6.61 Å². The molecule has 94 valence electrons. The lowest BCUT2D eigenvalue weighted by molar-refractivity contribution is -0.139. The van der Waals surface area contributed by atoms with Crippen molar-refractivity contribution in [2.45, 2.75) is 6.92 Å². The average Bonchev–Trinajstić information content (AvgIpc) is 2.43. The number of rotatable bonds is 1. The first-order valence-corrected chi connectivity index (χ1v) is 5.89. The molecule has 0 spiro atoms. The smallest absolute Gasteiger partial charge is 0.253 e. The molecule has 18 heavy (non-hydrogen) atoms. The number of nitrogens with one attached hydrogen (secondary N) is 1. The number of morpholine rings is 1. The summed E-state index contributed by atoms with van der Waals surface area (Å²) in [5, 5.41) is 7.68. The number of hydrogen-bond acceptors (Lipinski definition) is 3. The molecule has 0 bridgehead atoms. The van der Waals surface area contributed by atoms with Gasteiger partial charge in [0, 0.05) is 12.2 Å². The zero-order valence-corrected chi connectivity index (χ0v) is 10.3. The highest BCUT2D eigenvalue weighted by Gasteiger charge is 2.21. The lowest BCUT2D eigenvalue weighted by Gasteiger charge is -2.28. The molecule has 0 atom stereocenters. The van der Waals surface area contributed by atoms with Crippen LogP contribution in [0.5, 0.6) is 0 Å². The first-order chi connectivity index (χ1) is 8.68. The molecule has 1 N–H and O–H groups in total. The summed E-state index contributed by atoms with van der Waals surface area (Å²) in [7, 11) is 0. The minimum Gasteiger partial charge on any atom is -0.370 e. The molecule has 1 aliphatic heterocycles. The molecular formula is C14H16N2O2. The van der Waals surface area contributed by atoms with E-state index < -0.39 is 0 Å². The molecule has 1 aliphatic carbocycles. The molecule has 0 aromatic carbocycles. The lowest BCUT2D eigenvalue weighted by atomic mass is 10.1. The van der Waals surface area contributed by atoms with Gasteiger partial charge in [-0.1, -0.05) is 18.2 Å². The van der Waals surface area contributed by atoms with Crippen LogP contribution in [0.3, 0.4) is 0 Å². The van der Waals surface area contributed by atoms with Gasteiger partial charge in [-0.3, -0.25) is 4.79 Å². The van der Waals surface area contributed by atoms with Crippen LogP contribution in [0.25, 0.3) is 0 Å². The van der Waals surface area contributed by atoms with Gasteiger partial charge in [-0.05, 0) is 30.7 Å². The SMILES string of the molecule is CC1=C(/N2CCOCC2=O)C=CC(=N)\C=C/C=C/1. The van der Waals surface area contributed by atoms with E-state index in [1.165, 1.54) is 0 Å². The normalized spacial score (nSPS) is 28.6. The Hall–Kier alpha value is -1.94. The highest BCUT2D eigenvalue weighted by atomic mass is 16.5. The molecule has 1 saturated heterocycles. The number of carbonyl (C=O) groups excluding carboxylic acids is 1. The maximum Gasteiger partial charge on any atom is 0.253 e. The van der Waals surface area contributed by atoms with E-state index in [-0.39, 0.29) is 12.5 Å². The molecule has 1 heterocycles. The van der Waals surface area contributed by atoms with Gasteiger partial charge in [0.15, 0.2) is 0 Å². The Morgan fingerprint density at radius 2 is 2.00 bits per heavy atom. The molecule has 0 aromatic heterocycles. The highest BCUT2D eigenvalue weighted by molar-refractivity contribution is 6.02. The molecule has 2 rings (SSSR count). The van der Waals surface area contributed by atoms with Crippen molar-refractivity contribution in [1.82, 2.24) is 4.90 Å². The van der Waals surface area contributed by atoms with Crippen LogP contribution in [-0.2, 0) is 9.53 Å². The number of hydrogen-bond donors (Lipinski definition) is 1. The van der Waals surface area contributed by atoms with E-state index in [0.717, 1.165) is 11.3 Å². The van der Waals surface area contributed by atoms with Crippen LogP contribution in [0.4, 0.5) is 0 Å². The summed E-state index contributed by atoms with van der Waals surface area (Å²) in [6.07, 6.45) is 10.9. The second-order valence-electron chi connectivity index (χ2n) is 4.17. The molecule has 0 unspecified atom stereocenters. The third kappa shape index (κ3) is 2.84. The number of allylic oxidation sites excluding steroid dienone is 7. The Kier molecular flexibility index (Phi) is 3.89. The van der Waals surface area contributed by atoms with Crippen LogP contribution in [0.15, 0.2) is 47.7 Å². The van der Waals surface area contributed by atoms with Crippen LogP contribution in [0.1, 0.15) is 6.92 Å². The molecule has 1 fully saturated rings. The zero-order valence-electron chi connectivity index (χ0n) is 10.3. The fourth-order valence-corrected chi connectivity index (χ4v) is 1.88. The van der Waals surface area contributed by atoms with E-state index in [0.29, 0.717) is 18.9 Å². The molecule has 4 heteroatoms. The van der Waals surface area contributed by atoms with E-state index in [9.17, 15) is 4.79 Å². The molecule has 2 aliphatic rings. The first kappa shape index (κ1) is 12.5. The Labute approximate surface area is 106 Å². The van der Waals surface area contributed by atoms with E-state index in [1.54, 1.807) is 17.1 Å². The molecule has 0 saturated carbocycles. The minimum atomic E-state index is -0.0348. The topological polar surface area (TPSA) is 53.4 Å². The average molecular weight is 244 g/mol. The van der Waals surface area contributed by atoms with E-state index in [1.807, 2.05) is 31.2 Å².